The minimum Gasteiger partial charge on any atom is -0.487 e. The summed E-state index contributed by atoms with van der Waals surface area (Å²) in [4.78, 5) is 14.7. The molecule has 1 amide bonds. The number of sulfonamides is 1. The van der Waals surface area contributed by atoms with Crippen molar-refractivity contribution in [2.24, 2.45) is 11.8 Å². The van der Waals surface area contributed by atoms with Gasteiger partial charge in [-0.25, -0.2) is 8.42 Å². The van der Waals surface area contributed by atoms with Crippen molar-refractivity contribution in [3.05, 3.63) is 29.8 Å². The Morgan fingerprint density at radius 2 is 2.03 bits per heavy atom. The van der Waals surface area contributed by atoms with Gasteiger partial charge < -0.3 is 14.7 Å². The molecule has 0 spiro atoms. The molecule has 8 heteroatoms. The Morgan fingerprint density at radius 1 is 1.26 bits per heavy atom. The lowest BCUT2D eigenvalue weighted by Crippen LogP contribution is -2.50. The van der Waals surface area contributed by atoms with Crippen LogP contribution < -0.4 is 4.74 Å². The zero-order valence-electron chi connectivity index (χ0n) is 20.6. The smallest absolute Gasteiger partial charge is 0.247 e. The fourth-order valence-corrected chi connectivity index (χ4v) is 6.90. The summed E-state index contributed by atoms with van der Waals surface area (Å²) in [7, 11) is -2.05. The van der Waals surface area contributed by atoms with Gasteiger partial charge in [0.05, 0.1) is 13.2 Å². The number of nitrogens with zero attached hydrogens (tertiary/aromatic N) is 2. The van der Waals surface area contributed by atoms with Crippen LogP contribution in [-0.2, 0) is 14.8 Å². The quantitative estimate of drug-likeness (QED) is 0.658. The van der Waals surface area contributed by atoms with Crippen LogP contribution in [0.4, 0.5) is 0 Å². The Labute approximate surface area is 203 Å². The number of allylic oxidation sites excluding steroid dienone is 2. The number of benzene rings is 1. The van der Waals surface area contributed by atoms with Gasteiger partial charge in [-0.05, 0) is 68.7 Å². The van der Waals surface area contributed by atoms with Crippen LogP contribution in [0.1, 0.15) is 64.4 Å². The second kappa shape index (κ2) is 10.4. The Bertz CT molecular complexity index is 1030. The first-order chi connectivity index (χ1) is 16.2. The molecule has 1 saturated carbocycles. The molecule has 0 radical (unpaired) electrons. The summed E-state index contributed by atoms with van der Waals surface area (Å²) in [5.41, 5.74) is 2.21. The van der Waals surface area contributed by atoms with Gasteiger partial charge in [-0.1, -0.05) is 25.5 Å². The van der Waals surface area contributed by atoms with E-state index in [0.29, 0.717) is 12.3 Å². The van der Waals surface area contributed by atoms with Crippen molar-refractivity contribution in [3.63, 3.8) is 0 Å². The first-order valence-electron chi connectivity index (χ1n) is 12.6. The van der Waals surface area contributed by atoms with Crippen LogP contribution in [0, 0.1) is 11.8 Å². The minimum absolute atomic E-state index is 0.0947. The van der Waals surface area contributed by atoms with Gasteiger partial charge in [-0.3, -0.25) is 4.79 Å². The Hall–Kier alpha value is -1.90. The average Bonchev–Trinajstić information content (AvgIpc) is 2.79. The largest absolute Gasteiger partial charge is 0.487 e. The third-order valence-corrected chi connectivity index (χ3v) is 9.63. The van der Waals surface area contributed by atoms with Gasteiger partial charge in [0.25, 0.3) is 0 Å². The van der Waals surface area contributed by atoms with E-state index in [1.54, 1.807) is 17.9 Å². The highest BCUT2D eigenvalue weighted by Crippen LogP contribution is 2.37. The lowest BCUT2D eigenvalue weighted by Gasteiger charge is -2.38. The molecule has 1 fully saturated rings. The van der Waals surface area contributed by atoms with Crippen LogP contribution in [0.25, 0.3) is 5.57 Å². The molecule has 1 aliphatic heterocycles. The van der Waals surface area contributed by atoms with Gasteiger partial charge in [0.1, 0.15) is 16.7 Å². The van der Waals surface area contributed by atoms with Crippen molar-refractivity contribution in [3.8, 4) is 5.75 Å². The number of carbonyl (C=O) groups is 1. The molecule has 188 valence electrons. The third kappa shape index (κ3) is 5.04. The predicted octanol–water partition coefficient (Wildman–Crippen LogP) is 3.67. The number of aliphatic hydroxyl groups excluding tert-OH is 1. The number of hydrogen-bond donors (Lipinski definition) is 1. The molecular weight excluding hydrogens is 452 g/mol. The molecular formula is C26H38N2O5S. The van der Waals surface area contributed by atoms with Crippen molar-refractivity contribution >= 4 is 21.5 Å². The molecule has 0 aromatic heterocycles. The number of amides is 1. The molecule has 1 N–H and O–H groups in total. The summed E-state index contributed by atoms with van der Waals surface area (Å²) in [5, 5.41) is 9.81. The molecule has 2 aliphatic carbocycles. The highest BCUT2D eigenvalue weighted by atomic mass is 32.2. The van der Waals surface area contributed by atoms with E-state index in [9.17, 15) is 18.3 Å². The van der Waals surface area contributed by atoms with Crippen LogP contribution in [0.2, 0.25) is 0 Å². The molecule has 34 heavy (non-hydrogen) atoms. The highest BCUT2D eigenvalue weighted by Gasteiger charge is 2.39. The molecule has 7 nitrogen and oxygen atoms in total. The molecule has 0 bridgehead atoms. The van der Waals surface area contributed by atoms with Gasteiger partial charge in [0.2, 0.25) is 15.9 Å². The van der Waals surface area contributed by atoms with Gasteiger partial charge in [0.15, 0.2) is 0 Å². The van der Waals surface area contributed by atoms with Gasteiger partial charge in [-0.2, -0.15) is 4.31 Å². The minimum atomic E-state index is -3.86. The Morgan fingerprint density at radius 3 is 2.65 bits per heavy atom. The topological polar surface area (TPSA) is 87.2 Å². The van der Waals surface area contributed by atoms with Crippen LogP contribution in [0.3, 0.4) is 0 Å². The number of rotatable bonds is 6. The molecule has 4 rings (SSSR count). The maximum atomic E-state index is 13.6. The highest BCUT2D eigenvalue weighted by molar-refractivity contribution is 7.89. The zero-order valence-corrected chi connectivity index (χ0v) is 21.4. The molecule has 3 aliphatic rings. The molecule has 1 aromatic rings. The number of likely N-dealkylation sites (N-methyl/N-ethyl adjacent to an activating group) is 1. The summed E-state index contributed by atoms with van der Waals surface area (Å²) in [6.45, 7) is 4.01. The molecule has 1 heterocycles. The average molecular weight is 491 g/mol. The first-order valence-corrected chi connectivity index (χ1v) is 14.0. The first kappa shape index (κ1) is 25.2. The Kier molecular flexibility index (Phi) is 7.69. The number of aliphatic hydroxyl groups is 1. The lowest BCUT2D eigenvalue weighted by atomic mass is 9.84. The fraction of sp³-hybridized carbons (Fsp3) is 0.654. The van der Waals surface area contributed by atoms with E-state index in [1.807, 2.05) is 26.1 Å². The van der Waals surface area contributed by atoms with Crippen LogP contribution >= 0.6 is 0 Å². The SMILES string of the molecule is C[C@@H]1CN([C@@H](C)CO)S(=O)(=O)c2ccc(C3=CCCCC3)cc2O[C@H]1CN(C)C(=O)C1CCC1. The number of fused-ring (bicyclic) bond motifs is 1. The number of hydrogen-bond acceptors (Lipinski definition) is 5. The van der Waals surface area contributed by atoms with Crippen molar-refractivity contribution in [1.29, 1.82) is 0 Å². The summed E-state index contributed by atoms with van der Waals surface area (Å²) in [5.74, 6) is 0.391. The Balaban J connectivity index is 1.71. The maximum absolute atomic E-state index is 13.6. The van der Waals surface area contributed by atoms with Crippen molar-refractivity contribution in [2.45, 2.75) is 75.8 Å². The van der Waals surface area contributed by atoms with E-state index in [-0.39, 0.29) is 41.9 Å². The van der Waals surface area contributed by atoms with Crippen LogP contribution in [0.5, 0.6) is 5.75 Å². The predicted molar refractivity (Wildman–Crippen MR) is 132 cm³/mol. The van der Waals surface area contributed by atoms with Gasteiger partial charge in [0, 0.05) is 31.5 Å². The lowest BCUT2D eigenvalue weighted by molar-refractivity contribution is -0.138. The monoisotopic (exact) mass is 490 g/mol. The fourth-order valence-electron chi connectivity index (χ4n) is 5.07. The molecule has 0 saturated heterocycles. The second-order valence-electron chi connectivity index (χ2n) is 10.2. The van der Waals surface area contributed by atoms with E-state index in [2.05, 4.69) is 6.08 Å². The van der Waals surface area contributed by atoms with Crippen molar-refractivity contribution in [2.75, 3.05) is 26.7 Å². The maximum Gasteiger partial charge on any atom is 0.247 e. The van der Waals surface area contributed by atoms with E-state index in [1.165, 1.54) is 16.3 Å². The normalized spacial score (nSPS) is 26.2. The standard InChI is InChI=1S/C26H38N2O5S/c1-18-15-28(19(2)17-29)34(31,32)25-13-12-22(20-8-5-4-6-9-20)14-23(25)33-24(18)16-27(3)26(30)21-10-7-11-21/h8,12-14,18-19,21,24,29H,4-7,9-11,15-17H2,1-3H3/t18-,19+,24+/m1/s1. The van der Waals surface area contributed by atoms with Crippen LogP contribution in [-0.4, -0.2) is 67.5 Å². The summed E-state index contributed by atoms with van der Waals surface area (Å²) in [6, 6.07) is 4.80. The van der Waals surface area contributed by atoms with E-state index in [0.717, 1.165) is 44.1 Å². The van der Waals surface area contributed by atoms with Gasteiger partial charge in [-0.15, -0.1) is 0 Å². The second-order valence-corrected chi connectivity index (χ2v) is 12.1. The molecule has 3 atom stereocenters. The summed E-state index contributed by atoms with van der Waals surface area (Å²) in [6.07, 6.45) is 9.13. The number of carbonyl (C=O) groups excluding carboxylic acids is 1. The zero-order chi connectivity index (χ0) is 24.5. The van der Waals surface area contributed by atoms with E-state index in [4.69, 9.17) is 4.74 Å². The summed E-state index contributed by atoms with van der Waals surface area (Å²) < 4.78 is 35.1. The third-order valence-electron chi connectivity index (χ3n) is 7.61. The van der Waals surface area contributed by atoms with Gasteiger partial charge >= 0.3 is 0 Å². The van der Waals surface area contributed by atoms with Crippen molar-refractivity contribution in [1.82, 2.24) is 9.21 Å². The molecule has 0 unspecified atom stereocenters. The molecule has 1 aromatic carbocycles. The van der Waals surface area contributed by atoms with Crippen LogP contribution in [0.15, 0.2) is 29.2 Å². The van der Waals surface area contributed by atoms with E-state index >= 15 is 0 Å². The number of ether oxygens (including phenoxy) is 1. The van der Waals surface area contributed by atoms with Crippen molar-refractivity contribution < 1.29 is 23.1 Å². The summed E-state index contributed by atoms with van der Waals surface area (Å²) >= 11 is 0. The van der Waals surface area contributed by atoms with E-state index < -0.39 is 16.1 Å².